The average molecular weight is 184 g/mol. The molecule has 1 rings (SSSR count). The highest BCUT2D eigenvalue weighted by Gasteiger charge is 2.25. The minimum atomic E-state index is 0.125. The summed E-state index contributed by atoms with van der Waals surface area (Å²) in [6.07, 6.45) is 2.40. The topological polar surface area (TPSA) is 32.3 Å². The normalized spacial score (nSPS) is 22.7. The van der Waals surface area contributed by atoms with Crippen molar-refractivity contribution in [3.05, 3.63) is 0 Å². The molecule has 0 atom stereocenters. The molecule has 0 aromatic rings. The van der Waals surface area contributed by atoms with E-state index in [4.69, 9.17) is 0 Å². The zero-order chi connectivity index (χ0) is 9.90. The monoisotopic (exact) mass is 184 g/mol. The van der Waals surface area contributed by atoms with Crippen molar-refractivity contribution >= 4 is 5.91 Å². The highest BCUT2D eigenvalue weighted by atomic mass is 16.1. The van der Waals surface area contributed by atoms with Crippen LogP contribution in [0.15, 0.2) is 0 Å². The molecular formula is C10H20N2O. The Hall–Kier alpha value is -0.570. The van der Waals surface area contributed by atoms with Crippen LogP contribution in [0.3, 0.4) is 0 Å². The molecule has 1 fully saturated rings. The maximum absolute atomic E-state index is 11.1. The van der Waals surface area contributed by atoms with Gasteiger partial charge in [-0.3, -0.25) is 9.69 Å². The fourth-order valence-electron chi connectivity index (χ4n) is 1.60. The van der Waals surface area contributed by atoms with E-state index in [1.807, 2.05) is 0 Å². The van der Waals surface area contributed by atoms with Gasteiger partial charge < -0.3 is 5.32 Å². The molecule has 1 aliphatic rings. The Balaban J connectivity index is 2.29. The number of hydrogen-bond donors (Lipinski definition) is 1. The number of piperidine rings is 1. The van der Waals surface area contributed by atoms with Crippen molar-refractivity contribution in [2.24, 2.45) is 5.41 Å². The molecule has 0 spiro atoms. The first-order chi connectivity index (χ1) is 6.03. The summed E-state index contributed by atoms with van der Waals surface area (Å²) in [7, 11) is 1.69. The lowest BCUT2D eigenvalue weighted by atomic mass is 9.83. The third-order valence-electron chi connectivity index (χ3n) is 2.86. The molecule has 1 aliphatic heterocycles. The van der Waals surface area contributed by atoms with Gasteiger partial charge in [-0.1, -0.05) is 13.8 Å². The minimum absolute atomic E-state index is 0.125. The number of carbonyl (C=O) groups excluding carboxylic acids is 1. The fourth-order valence-corrected chi connectivity index (χ4v) is 1.60. The zero-order valence-corrected chi connectivity index (χ0v) is 8.89. The zero-order valence-electron chi connectivity index (χ0n) is 8.89. The molecule has 0 aliphatic carbocycles. The van der Waals surface area contributed by atoms with E-state index in [2.05, 4.69) is 24.1 Å². The number of rotatable bonds is 2. The van der Waals surface area contributed by atoms with Gasteiger partial charge in [0, 0.05) is 7.05 Å². The summed E-state index contributed by atoms with van der Waals surface area (Å²) in [6.45, 7) is 7.27. The van der Waals surface area contributed by atoms with Crippen LogP contribution in [0.2, 0.25) is 0 Å². The lowest BCUT2D eigenvalue weighted by molar-refractivity contribution is -0.122. The van der Waals surface area contributed by atoms with E-state index in [0.717, 1.165) is 13.1 Å². The second-order valence-corrected chi connectivity index (χ2v) is 4.61. The van der Waals surface area contributed by atoms with E-state index in [-0.39, 0.29) is 5.91 Å². The Labute approximate surface area is 80.5 Å². The minimum Gasteiger partial charge on any atom is -0.358 e. The third-order valence-corrected chi connectivity index (χ3v) is 2.86. The number of amides is 1. The van der Waals surface area contributed by atoms with Gasteiger partial charge in [0.2, 0.25) is 5.91 Å². The van der Waals surface area contributed by atoms with Crippen LogP contribution >= 0.6 is 0 Å². The van der Waals surface area contributed by atoms with Crippen LogP contribution in [-0.4, -0.2) is 37.5 Å². The smallest absolute Gasteiger partial charge is 0.233 e. The Kier molecular flexibility index (Phi) is 3.31. The van der Waals surface area contributed by atoms with E-state index in [1.54, 1.807) is 7.05 Å². The van der Waals surface area contributed by atoms with Crippen LogP contribution in [0, 0.1) is 5.41 Å². The largest absolute Gasteiger partial charge is 0.358 e. The molecule has 1 saturated heterocycles. The van der Waals surface area contributed by atoms with E-state index >= 15 is 0 Å². The number of carbonyl (C=O) groups is 1. The van der Waals surface area contributed by atoms with Gasteiger partial charge in [0.25, 0.3) is 0 Å². The van der Waals surface area contributed by atoms with Crippen LogP contribution in [0.5, 0.6) is 0 Å². The summed E-state index contributed by atoms with van der Waals surface area (Å²) in [6, 6.07) is 0. The number of nitrogens with one attached hydrogen (secondary N) is 1. The molecule has 0 aromatic heterocycles. The van der Waals surface area contributed by atoms with Gasteiger partial charge >= 0.3 is 0 Å². The molecule has 13 heavy (non-hydrogen) atoms. The first-order valence-corrected chi connectivity index (χ1v) is 4.96. The van der Waals surface area contributed by atoms with Crippen molar-refractivity contribution in [1.82, 2.24) is 10.2 Å². The van der Waals surface area contributed by atoms with Crippen LogP contribution < -0.4 is 5.32 Å². The van der Waals surface area contributed by atoms with Crippen LogP contribution in [-0.2, 0) is 4.79 Å². The summed E-state index contributed by atoms with van der Waals surface area (Å²) in [5.41, 5.74) is 0.471. The first-order valence-electron chi connectivity index (χ1n) is 4.96. The van der Waals surface area contributed by atoms with Crippen molar-refractivity contribution in [2.45, 2.75) is 26.7 Å². The van der Waals surface area contributed by atoms with E-state index in [1.165, 1.54) is 12.8 Å². The molecule has 3 nitrogen and oxygen atoms in total. The van der Waals surface area contributed by atoms with Crippen LogP contribution in [0.25, 0.3) is 0 Å². The molecule has 1 heterocycles. The predicted octanol–water partition coefficient (Wildman–Crippen LogP) is 0.854. The van der Waals surface area contributed by atoms with Gasteiger partial charge in [-0.05, 0) is 31.3 Å². The number of likely N-dealkylation sites (N-methyl/N-ethyl adjacent to an activating group) is 1. The van der Waals surface area contributed by atoms with Crippen molar-refractivity contribution in [2.75, 3.05) is 26.7 Å². The molecular weight excluding hydrogens is 164 g/mol. The quantitative estimate of drug-likeness (QED) is 0.690. The Morgan fingerprint density at radius 3 is 2.38 bits per heavy atom. The average Bonchev–Trinajstić information content (AvgIpc) is 2.08. The lowest BCUT2D eigenvalue weighted by Gasteiger charge is -2.36. The summed E-state index contributed by atoms with van der Waals surface area (Å²) < 4.78 is 0. The second kappa shape index (κ2) is 4.09. The highest BCUT2D eigenvalue weighted by molar-refractivity contribution is 5.77. The van der Waals surface area contributed by atoms with Gasteiger partial charge in [-0.15, -0.1) is 0 Å². The lowest BCUT2D eigenvalue weighted by Crippen LogP contribution is -2.42. The van der Waals surface area contributed by atoms with E-state index in [9.17, 15) is 4.79 Å². The SMILES string of the molecule is CNC(=O)CN1CCC(C)(C)CC1. The maximum Gasteiger partial charge on any atom is 0.233 e. The van der Waals surface area contributed by atoms with Crippen LogP contribution in [0.4, 0.5) is 0 Å². The van der Waals surface area contributed by atoms with Gasteiger partial charge in [0.05, 0.1) is 6.54 Å². The summed E-state index contributed by atoms with van der Waals surface area (Å²) in [5.74, 6) is 0.125. The van der Waals surface area contributed by atoms with Gasteiger partial charge in [0.15, 0.2) is 0 Å². The first kappa shape index (κ1) is 10.5. The van der Waals surface area contributed by atoms with Crippen molar-refractivity contribution in [3.8, 4) is 0 Å². The maximum atomic E-state index is 11.1. The van der Waals surface area contributed by atoms with E-state index < -0.39 is 0 Å². The Bertz CT molecular complexity index is 179. The fraction of sp³-hybridized carbons (Fsp3) is 0.900. The second-order valence-electron chi connectivity index (χ2n) is 4.61. The Morgan fingerprint density at radius 2 is 1.92 bits per heavy atom. The van der Waals surface area contributed by atoms with Gasteiger partial charge in [-0.2, -0.15) is 0 Å². The molecule has 1 N–H and O–H groups in total. The number of nitrogens with zero attached hydrogens (tertiary/aromatic N) is 1. The molecule has 0 aromatic carbocycles. The molecule has 0 saturated carbocycles. The predicted molar refractivity (Wildman–Crippen MR) is 53.5 cm³/mol. The molecule has 0 unspecified atom stereocenters. The molecule has 3 heteroatoms. The van der Waals surface area contributed by atoms with Crippen molar-refractivity contribution in [3.63, 3.8) is 0 Å². The molecule has 0 radical (unpaired) electrons. The van der Waals surface area contributed by atoms with Gasteiger partial charge in [-0.25, -0.2) is 0 Å². The number of hydrogen-bond acceptors (Lipinski definition) is 2. The van der Waals surface area contributed by atoms with E-state index in [0.29, 0.717) is 12.0 Å². The van der Waals surface area contributed by atoms with Crippen LogP contribution in [0.1, 0.15) is 26.7 Å². The van der Waals surface area contributed by atoms with Crippen molar-refractivity contribution < 1.29 is 4.79 Å². The van der Waals surface area contributed by atoms with Gasteiger partial charge in [0.1, 0.15) is 0 Å². The third kappa shape index (κ3) is 3.35. The number of likely N-dealkylation sites (tertiary alicyclic amines) is 1. The standard InChI is InChI=1S/C10H20N2O/c1-10(2)4-6-12(7-5-10)8-9(13)11-3/h4-8H2,1-3H3,(H,11,13). The van der Waals surface area contributed by atoms with Crippen molar-refractivity contribution in [1.29, 1.82) is 0 Å². The summed E-state index contributed by atoms with van der Waals surface area (Å²) in [4.78, 5) is 13.3. The molecule has 0 bridgehead atoms. The Morgan fingerprint density at radius 1 is 1.38 bits per heavy atom. The molecule has 76 valence electrons. The highest BCUT2D eigenvalue weighted by Crippen LogP contribution is 2.29. The summed E-state index contributed by atoms with van der Waals surface area (Å²) >= 11 is 0. The summed E-state index contributed by atoms with van der Waals surface area (Å²) in [5, 5.41) is 2.65. The molecule has 1 amide bonds.